The standard InChI is InChI=1S/C18H9ClF3NO3S/c19-10-3-1-9(2-4-10)17(24)27-16-6-12(18(20,21)22)11-5-14-15(26-8-25-14)7-13(11)23-16/h1-7H,8H2. The molecule has 0 unspecified atom stereocenters. The first-order chi connectivity index (χ1) is 12.8. The van der Waals surface area contributed by atoms with Crippen LogP contribution in [0.4, 0.5) is 13.2 Å². The summed E-state index contributed by atoms with van der Waals surface area (Å²) in [6.45, 7) is -0.0658. The third-order valence-electron chi connectivity index (χ3n) is 3.86. The van der Waals surface area contributed by atoms with Gasteiger partial charge in [-0.2, -0.15) is 13.2 Å². The number of hydrogen-bond donors (Lipinski definition) is 0. The Morgan fingerprint density at radius 1 is 1.07 bits per heavy atom. The summed E-state index contributed by atoms with van der Waals surface area (Å²) in [5.41, 5.74) is -0.511. The molecule has 27 heavy (non-hydrogen) atoms. The highest BCUT2D eigenvalue weighted by Gasteiger charge is 2.34. The summed E-state index contributed by atoms with van der Waals surface area (Å²) in [6.07, 6.45) is -4.62. The van der Waals surface area contributed by atoms with Crippen LogP contribution in [0.15, 0.2) is 47.5 Å². The molecule has 0 fully saturated rings. The Kier molecular flexibility index (Phi) is 4.39. The second-order valence-electron chi connectivity index (χ2n) is 5.62. The molecule has 0 saturated heterocycles. The van der Waals surface area contributed by atoms with Crippen LogP contribution in [0.3, 0.4) is 0 Å². The largest absolute Gasteiger partial charge is 0.454 e. The number of aromatic nitrogens is 1. The summed E-state index contributed by atoms with van der Waals surface area (Å²) in [5, 5.41) is -0.160. The van der Waals surface area contributed by atoms with E-state index in [9.17, 15) is 18.0 Å². The van der Waals surface area contributed by atoms with E-state index in [2.05, 4.69) is 4.98 Å². The van der Waals surface area contributed by atoms with Crippen molar-refractivity contribution in [3.05, 3.63) is 58.6 Å². The molecule has 138 valence electrons. The molecular formula is C18H9ClF3NO3S. The second kappa shape index (κ2) is 6.61. The van der Waals surface area contributed by atoms with Gasteiger partial charge in [-0.25, -0.2) is 4.98 Å². The highest BCUT2D eigenvalue weighted by Crippen LogP contribution is 2.42. The predicted molar refractivity (Wildman–Crippen MR) is 94.5 cm³/mol. The zero-order valence-corrected chi connectivity index (χ0v) is 14.9. The number of ether oxygens (including phenoxy) is 2. The van der Waals surface area contributed by atoms with Crippen LogP contribution in [-0.2, 0) is 6.18 Å². The van der Waals surface area contributed by atoms with Gasteiger partial charge in [0.2, 0.25) is 11.9 Å². The maximum absolute atomic E-state index is 13.5. The minimum absolute atomic E-state index is 0.0614. The first-order valence-corrected chi connectivity index (χ1v) is 8.80. The maximum atomic E-state index is 13.5. The molecule has 2 heterocycles. The number of benzene rings is 2. The molecule has 0 amide bonds. The highest BCUT2D eigenvalue weighted by molar-refractivity contribution is 8.14. The smallest absolute Gasteiger partial charge is 0.417 e. The lowest BCUT2D eigenvalue weighted by Gasteiger charge is -2.12. The molecule has 0 N–H and O–H groups in total. The van der Waals surface area contributed by atoms with Crippen LogP contribution in [0.2, 0.25) is 5.02 Å². The first kappa shape index (κ1) is 17.9. The zero-order valence-electron chi connectivity index (χ0n) is 13.3. The van der Waals surface area contributed by atoms with Crippen LogP contribution in [-0.4, -0.2) is 16.9 Å². The molecule has 1 aliphatic rings. The van der Waals surface area contributed by atoms with Gasteiger partial charge in [-0.05, 0) is 48.2 Å². The Hall–Kier alpha value is -2.45. The third-order valence-corrected chi connectivity index (χ3v) is 4.95. The average molecular weight is 412 g/mol. The number of rotatable bonds is 2. The van der Waals surface area contributed by atoms with Crippen molar-refractivity contribution in [3.8, 4) is 11.5 Å². The third kappa shape index (κ3) is 3.54. The summed E-state index contributed by atoms with van der Waals surface area (Å²) in [7, 11) is 0. The Morgan fingerprint density at radius 2 is 1.74 bits per heavy atom. The minimum Gasteiger partial charge on any atom is -0.454 e. The fourth-order valence-electron chi connectivity index (χ4n) is 2.62. The second-order valence-corrected chi connectivity index (χ2v) is 7.05. The molecule has 4 rings (SSSR count). The van der Waals surface area contributed by atoms with Crippen LogP contribution in [0, 0.1) is 0 Å². The molecule has 2 aromatic carbocycles. The molecule has 1 aromatic heterocycles. The molecule has 3 aromatic rings. The van der Waals surface area contributed by atoms with Crippen molar-refractivity contribution in [2.75, 3.05) is 6.79 Å². The molecule has 0 aliphatic carbocycles. The van der Waals surface area contributed by atoms with Crippen LogP contribution in [0.25, 0.3) is 10.9 Å². The van der Waals surface area contributed by atoms with Gasteiger partial charge in [0, 0.05) is 22.0 Å². The van der Waals surface area contributed by atoms with Gasteiger partial charge in [0.05, 0.1) is 11.1 Å². The van der Waals surface area contributed by atoms with Crippen molar-refractivity contribution >= 4 is 39.4 Å². The number of alkyl halides is 3. The monoisotopic (exact) mass is 411 g/mol. The van der Waals surface area contributed by atoms with Gasteiger partial charge < -0.3 is 9.47 Å². The van der Waals surface area contributed by atoms with E-state index in [1.54, 1.807) is 0 Å². The quantitative estimate of drug-likeness (QED) is 0.516. The molecule has 0 radical (unpaired) electrons. The lowest BCUT2D eigenvalue weighted by Crippen LogP contribution is -2.07. The molecule has 0 bridgehead atoms. The maximum Gasteiger partial charge on any atom is 0.417 e. The number of carbonyl (C=O) groups excluding carboxylic acids is 1. The SMILES string of the molecule is O=C(Sc1cc(C(F)(F)F)c2cc3c(cc2n1)OCO3)c1ccc(Cl)cc1. The Labute approximate surface area is 160 Å². The van der Waals surface area contributed by atoms with Crippen molar-refractivity contribution in [1.29, 1.82) is 0 Å². The number of thioether (sulfide) groups is 1. The number of pyridine rings is 1. The van der Waals surface area contributed by atoms with Gasteiger partial charge in [0.1, 0.15) is 5.03 Å². The number of nitrogens with zero attached hydrogens (tertiary/aromatic N) is 1. The first-order valence-electron chi connectivity index (χ1n) is 7.60. The molecule has 4 nitrogen and oxygen atoms in total. The van der Waals surface area contributed by atoms with Crippen molar-refractivity contribution in [2.45, 2.75) is 11.2 Å². The summed E-state index contributed by atoms with van der Waals surface area (Å²) in [5.74, 6) is 0.543. The Morgan fingerprint density at radius 3 is 2.41 bits per heavy atom. The topological polar surface area (TPSA) is 48.4 Å². The summed E-state index contributed by atoms with van der Waals surface area (Å²) >= 11 is 6.40. The molecular weight excluding hydrogens is 403 g/mol. The van der Waals surface area contributed by atoms with Crippen LogP contribution in [0.5, 0.6) is 11.5 Å². The fourth-order valence-corrected chi connectivity index (χ4v) is 3.51. The van der Waals surface area contributed by atoms with E-state index in [0.29, 0.717) is 28.1 Å². The van der Waals surface area contributed by atoms with Gasteiger partial charge in [0.15, 0.2) is 11.5 Å². The minimum atomic E-state index is -4.62. The van der Waals surface area contributed by atoms with E-state index in [1.165, 1.54) is 36.4 Å². The molecule has 9 heteroatoms. The Bertz CT molecular complexity index is 1050. The van der Waals surface area contributed by atoms with Crippen molar-refractivity contribution in [1.82, 2.24) is 4.98 Å². The van der Waals surface area contributed by atoms with E-state index in [0.717, 1.165) is 6.07 Å². The van der Waals surface area contributed by atoms with E-state index < -0.39 is 16.9 Å². The van der Waals surface area contributed by atoms with E-state index in [4.69, 9.17) is 21.1 Å². The van der Waals surface area contributed by atoms with E-state index >= 15 is 0 Å². The molecule has 0 saturated carbocycles. The number of hydrogen-bond acceptors (Lipinski definition) is 5. The van der Waals surface area contributed by atoms with Crippen LogP contribution >= 0.6 is 23.4 Å². The van der Waals surface area contributed by atoms with Crippen molar-refractivity contribution in [2.24, 2.45) is 0 Å². The summed E-state index contributed by atoms with van der Waals surface area (Å²) in [4.78, 5) is 16.6. The normalized spacial score (nSPS) is 13.2. The van der Waals surface area contributed by atoms with Gasteiger partial charge in [-0.15, -0.1) is 0 Å². The highest BCUT2D eigenvalue weighted by atomic mass is 35.5. The predicted octanol–water partition coefficient (Wildman–Crippen LogP) is 5.57. The van der Waals surface area contributed by atoms with Crippen molar-refractivity contribution in [3.63, 3.8) is 0 Å². The van der Waals surface area contributed by atoms with E-state index in [-0.39, 0.29) is 28.5 Å². The van der Waals surface area contributed by atoms with Gasteiger partial charge >= 0.3 is 6.18 Å². The summed E-state index contributed by atoms with van der Waals surface area (Å²) in [6, 6.07) is 9.56. The number of halogens is 4. The van der Waals surface area contributed by atoms with E-state index in [1.807, 2.05) is 0 Å². The Balaban J connectivity index is 1.78. The van der Waals surface area contributed by atoms with Crippen molar-refractivity contribution < 1.29 is 27.4 Å². The molecule has 0 spiro atoms. The van der Waals surface area contributed by atoms with Crippen LogP contribution < -0.4 is 9.47 Å². The number of carbonyl (C=O) groups is 1. The lowest BCUT2D eigenvalue weighted by molar-refractivity contribution is -0.136. The fraction of sp³-hybridized carbons (Fsp3) is 0.111. The van der Waals surface area contributed by atoms with Gasteiger partial charge in [-0.1, -0.05) is 11.6 Å². The van der Waals surface area contributed by atoms with Gasteiger partial charge in [0.25, 0.3) is 0 Å². The molecule has 1 aliphatic heterocycles. The summed E-state index contributed by atoms with van der Waals surface area (Å²) < 4.78 is 51.0. The lowest BCUT2D eigenvalue weighted by atomic mass is 10.1. The number of fused-ring (bicyclic) bond motifs is 2. The van der Waals surface area contributed by atoms with Crippen LogP contribution in [0.1, 0.15) is 15.9 Å². The molecule has 0 atom stereocenters. The van der Waals surface area contributed by atoms with Gasteiger partial charge in [-0.3, -0.25) is 4.79 Å². The average Bonchev–Trinajstić information content (AvgIpc) is 3.06. The zero-order chi connectivity index (χ0) is 19.2.